The van der Waals surface area contributed by atoms with Crippen molar-refractivity contribution in [1.29, 1.82) is 0 Å². The molecule has 11 heavy (non-hydrogen) atoms. The normalized spacial score (nSPS) is 8.00. The summed E-state index contributed by atoms with van der Waals surface area (Å²) in [7, 11) is -0.750. The van der Waals surface area contributed by atoms with Gasteiger partial charge in [0.2, 0.25) is 0 Å². The van der Waals surface area contributed by atoms with Gasteiger partial charge in [-0.2, -0.15) is 0 Å². The van der Waals surface area contributed by atoms with Crippen molar-refractivity contribution >= 4 is 7.69 Å². The first-order valence-electron chi connectivity index (χ1n) is 3.14. The molecule has 2 nitrogen and oxygen atoms in total. The van der Waals surface area contributed by atoms with Gasteiger partial charge in [0.15, 0.2) is 0 Å². The molecule has 1 aromatic carbocycles. The third kappa shape index (κ3) is 5.57. The fraction of sp³-hybridized carbons (Fsp3) is 0.143. The zero-order valence-corrected chi connectivity index (χ0v) is 6.29. The van der Waals surface area contributed by atoms with Gasteiger partial charge in [0.25, 0.3) is 0 Å². The smallest absolute Gasteiger partial charge is 0.430 e. The quantitative estimate of drug-likeness (QED) is 0.532. The molecule has 0 bridgehead atoms. The van der Waals surface area contributed by atoms with Crippen molar-refractivity contribution in [2.45, 2.75) is 6.92 Å². The summed E-state index contributed by atoms with van der Waals surface area (Å²) in [6.07, 6.45) is 0. The average molecular weight is 156 g/mol. The van der Waals surface area contributed by atoms with Gasteiger partial charge < -0.3 is 10.0 Å². The van der Waals surface area contributed by atoms with Gasteiger partial charge >= 0.3 is 7.69 Å². The topological polar surface area (TPSA) is 40.5 Å². The van der Waals surface area contributed by atoms with E-state index in [2.05, 4.69) is 0 Å². The molecule has 60 valence electrons. The maximum absolute atomic E-state index is 12.2. The average Bonchev–Trinajstić information content (AvgIpc) is 1.88. The van der Waals surface area contributed by atoms with Crippen LogP contribution in [-0.4, -0.2) is 17.7 Å². The van der Waals surface area contributed by atoms with E-state index in [4.69, 9.17) is 10.0 Å². The molecule has 0 fully saturated rings. The predicted molar refractivity (Wildman–Crippen MR) is 42.7 cm³/mol. The Hall–Kier alpha value is -0.865. The first-order chi connectivity index (χ1) is 5.20. The van der Waals surface area contributed by atoms with Gasteiger partial charge in [0.1, 0.15) is 5.82 Å². The van der Waals surface area contributed by atoms with Gasteiger partial charge in [-0.25, -0.2) is 4.39 Å². The third-order valence-electron chi connectivity index (χ3n) is 0.980. The zero-order chi connectivity index (χ0) is 8.69. The van der Waals surface area contributed by atoms with Gasteiger partial charge in [0.05, 0.1) is 0 Å². The molecule has 4 heteroatoms. The highest BCUT2D eigenvalue weighted by Crippen LogP contribution is 1.99. The van der Waals surface area contributed by atoms with Gasteiger partial charge in [-0.15, -0.1) is 0 Å². The SMILES string of the molecule is Cc1cccc(F)c1.OBO. The van der Waals surface area contributed by atoms with Gasteiger partial charge in [-0.05, 0) is 24.6 Å². The highest BCUT2D eigenvalue weighted by molar-refractivity contribution is 6.13. The van der Waals surface area contributed by atoms with Crippen molar-refractivity contribution in [3.8, 4) is 0 Å². The van der Waals surface area contributed by atoms with Crippen molar-refractivity contribution in [3.63, 3.8) is 0 Å². The summed E-state index contributed by atoms with van der Waals surface area (Å²) >= 11 is 0. The van der Waals surface area contributed by atoms with Crippen molar-refractivity contribution in [2.75, 3.05) is 0 Å². The summed E-state index contributed by atoms with van der Waals surface area (Å²) in [5.74, 6) is -0.162. The van der Waals surface area contributed by atoms with Crippen LogP contribution in [0.5, 0.6) is 0 Å². The minimum atomic E-state index is -0.750. The van der Waals surface area contributed by atoms with Gasteiger partial charge in [-0.3, -0.25) is 0 Å². The van der Waals surface area contributed by atoms with Crippen LogP contribution in [0.1, 0.15) is 5.56 Å². The van der Waals surface area contributed by atoms with Crippen LogP contribution >= 0.6 is 0 Å². The second-order valence-electron chi connectivity index (χ2n) is 1.94. The Bertz CT molecular complexity index is 188. The molecule has 0 aliphatic heterocycles. The molecule has 0 unspecified atom stereocenters. The van der Waals surface area contributed by atoms with Crippen molar-refractivity contribution in [3.05, 3.63) is 35.6 Å². The lowest BCUT2D eigenvalue weighted by atomic mass is 10.2. The molecule has 0 amide bonds. The summed E-state index contributed by atoms with van der Waals surface area (Å²) in [4.78, 5) is 0. The zero-order valence-electron chi connectivity index (χ0n) is 6.29. The van der Waals surface area contributed by atoms with E-state index < -0.39 is 7.69 Å². The van der Waals surface area contributed by atoms with Crippen LogP contribution in [0.25, 0.3) is 0 Å². The molecule has 2 N–H and O–H groups in total. The number of rotatable bonds is 0. The number of benzene rings is 1. The Morgan fingerprint density at radius 2 is 1.91 bits per heavy atom. The number of hydrogen-bond acceptors (Lipinski definition) is 2. The second kappa shape index (κ2) is 5.89. The van der Waals surface area contributed by atoms with Crippen molar-refractivity contribution in [2.24, 2.45) is 0 Å². The van der Waals surface area contributed by atoms with E-state index in [-0.39, 0.29) is 5.82 Å². The Balaban J connectivity index is 0.000000292. The summed E-state index contributed by atoms with van der Waals surface area (Å²) in [6.45, 7) is 1.86. The molecule has 0 saturated heterocycles. The number of aryl methyl sites for hydroxylation is 1. The summed E-state index contributed by atoms with van der Waals surface area (Å²) in [5, 5.41) is 14.2. The van der Waals surface area contributed by atoms with E-state index in [1.807, 2.05) is 13.0 Å². The lowest BCUT2D eigenvalue weighted by molar-refractivity contribution is 0.448. The molecular weight excluding hydrogens is 146 g/mol. The summed E-state index contributed by atoms with van der Waals surface area (Å²) in [5.41, 5.74) is 0.963. The summed E-state index contributed by atoms with van der Waals surface area (Å²) < 4.78 is 12.2. The molecule has 1 aromatic rings. The minimum Gasteiger partial charge on any atom is -0.430 e. The highest BCUT2D eigenvalue weighted by atomic mass is 19.1. The maximum atomic E-state index is 12.2. The molecule has 0 radical (unpaired) electrons. The molecule has 1 rings (SSSR count). The van der Waals surface area contributed by atoms with Crippen LogP contribution in [0.4, 0.5) is 4.39 Å². The van der Waals surface area contributed by atoms with E-state index in [0.29, 0.717) is 0 Å². The Labute approximate surface area is 65.6 Å². The Kier molecular flexibility index (Phi) is 5.42. The van der Waals surface area contributed by atoms with Gasteiger partial charge in [-0.1, -0.05) is 12.1 Å². The molecule has 0 spiro atoms. The third-order valence-corrected chi connectivity index (χ3v) is 0.980. The monoisotopic (exact) mass is 156 g/mol. The standard InChI is InChI=1S/C7H7F.BH3O2/c1-6-3-2-4-7(8)5-6;2-1-3/h2-5H,1H3;1-3H. The van der Waals surface area contributed by atoms with Crippen LogP contribution in [0.3, 0.4) is 0 Å². The fourth-order valence-electron chi connectivity index (χ4n) is 0.606. The lowest BCUT2D eigenvalue weighted by Gasteiger charge is -1.87. The second-order valence-corrected chi connectivity index (χ2v) is 1.94. The van der Waals surface area contributed by atoms with Crippen LogP contribution in [0, 0.1) is 12.7 Å². The molecule has 0 atom stereocenters. The molecule has 0 aliphatic carbocycles. The number of hydrogen-bond donors (Lipinski definition) is 2. The van der Waals surface area contributed by atoms with E-state index in [1.165, 1.54) is 12.1 Å². The predicted octanol–water partition coefficient (Wildman–Crippen LogP) is 0.372. The highest BCUT2D eigenvalue weighted by Gasteiger charge is 1.84. The molecular formula is C7H10BFO2. The van der Waals surface area contributed by atoms with Crippen LogP contribution < -0.4 is 0 Å². The van der Waals surface area contributed by atoms with E-state index in [1.54, 1.807) is 6.07 Å². The van der Waals surface area contributed by atoms with Gasteiger partial charge in [0, 0.05) is 0 Å². The van der Waals surface area contributed by atoms with Crippen LogP contribution in [0.2, 0.25) is 0 Å². The molecule has 0 aromatic heterocycles. The van der Waals surface area contributed by atoms with Crippen molar-refractivity contribution in [1.82, 2.24) is 0 Å². The minimum absolute atomic E-state index is 0.162. The first kappa shape index (κ1) is 10.1. The first-order valence-corrected chi connectivity index (χ1v) is 3.14. The number of halogens is 1. The van der Waals surface area contributed by atoms with Crippen LogP contribution in [-0.2, 0) is 0 Å². The maximum Gasteiger partial charge on any atom is 0.432 e. The van der Waals surface area contributed by atoms with E-state index >= 15 is 0 Å². The lowest BCUT2D eigenvalue weighted by Crippen LogP contribution is -1.75. The fourth-order valence-corrected chi connectivity index (χ4v) is 0.606. The van der Waals surface area contributed by atoms with E-state index in [0.717, 1.165) is 5.56 Å². The molecule has 0 saturated carbocycles. The molecule has 0 heterocycles. The summed E-state index contributed by atoms with van der Waals surface area (Å²) in [6, 6.07) is 6.50. The van der Waals surface area contributed by atoms with Crippen molar-refractivity contribution < 1.29 is 14.4 Å². The van der Waals surface area contributed by atoms with Crippen LogP contribution in [0.15, 0.2) is 24.3 Å². The Morgan fingerprint density at radius 1 is 1.36 bits per heavy atom. The largest absolute Gasteiger partial charge is 0.432 e. The van der Waals surface area contributed by atoms with E-state index in [9.17, 15) is 4.39 Å². The Morgan fingerprint density at radius 3 is 2.18 bits per heavy atom. The molecule has 0 aliphatic rings.